The van der Waals surface area contributed by atoms with Crippen LogP contribution in [0.3, 0.4) is 0 Å². The maximum atomic E-state index is 12.2. The summed E-state index contributed by atoms with van der Waals surface area (Å²) < 4.78 is 60.3. The summed E-state index contributed by atoms with van der Waals surface area (Å²) in [5.41, 5.74) is 0.316. The van der Waals surface area contributed by atoms with E-state index in [4.69, 9.17) is 5.11 Å². The molecule has 8 heteroatoms. The minimum absolute atomic E-state index is 0.226. The van der Waals surface area contributed by atoms with Crippen molar-refractivity contribution in [1.82, 2.24) is 4.31 Å². The first-order valence-electron chi connectivity index (χ1n) is 4.90. The zero-order chi connectivity index (χ0) is 14.0. The fourth-order valence-electron chi connectivity index (χ4n) is 1.32. The standard InChI is InChI=1S/C10H12F3NO3S/c1-14(7-10(11,12)13)18(16,17)9-4-2-3-8(5-9)6-15/h2-5,15H,6-7H2,1H3. The summed E-state index contributed by atoms with van der Waals surface area (Å²) in [5, 5.41) is 8.86. The van der Waals surface area contributed by atoms with Gasteiger partial charge in [0.2, 0.25) is 10.0 Å². The van der Waals surface area contributed by atoms with Crippen molar-refractivity contribution >= 4 is 10.0 Å². The van der Waals surface area contributed by atoms with Gasteiger partial charge in [-0.1, -0.05) is 12.1 Å². The van der Waals surface area contributed by atoms with Crippen molar-refractivity contribution in [2.75, 3.05) is 13.6 Å². The number of hydrogen-bond acceptors (Lipinski definition) is 3. The number of benzene rings is 1. The zero-order valence-electron chi connectivity index (χ0n) is 9.48. The summed E-state index contributed by atoms with van der Waals surface area (Å²) in [6.45, 7) is -1.94. The molecule has 0 fully saturated rings. The van der Waals surface area contributed by atoms with Gasteiger partial charge in [-0.05, 0) is 17.7 Å². The SMILES string of the molecule is CN(CC(F)(F)F)S(=O)(=O)c1cccc(CO)c1. The Hall–Kier alpha value is -1.12. The molecule has 1 aromatic rings. The second kappa shape index (κ2) is 5.25. The molecule has 18 heavy (non-hydrogen) atoms. The summed E-state index contributed by atoms with van der Waals surface area (Å²) in [6.07, 6.45) is -4.60. The quantitative estimate of drug-likeness (QED) is 0.907. The molecule has 0 unspecified atom stereocenters. The molecule has 0 radical (unpaired) electrons. The first-order chi connectivity index (χ1) is 8.16. The van der Waals surface area contributed by atoms with E-state index >= 15 is 0 Å². The fraction of sp³-hybridized carbons (Fsp3) is 0.400. The van der Waals surface area contributed by atoms with Gasteiger partial charge in [0.05, 0.1) is 11.5 Å². The summed E-state index contributed by atoms with van der Waals surface area (Å²) >= 11 is 0. The molecule has 4 nitrogen and oxygen atoms in total. The lowest BCUT2D eigenvalue weighted by molar-refractivity contribution is -0.134. The molecule has 1 aromatic carbocycles. The van der Waals surface area contributed by atoms with Crippen molar-refractivity contribution in [3.63, 3.8) is 0 Å². The molecule has 0 saturated heterocycles. The van der Waals surface area contributed by atoms with Crippen LogP contribution in [0.5, 0.6) is 0 Å². The maximum absolute atomic E-state index is 12.2. The Bertz CT molecular complexity index is 513. The lowest BCUT2D eigenvalue weighted by Gasteiger charge is -2.19. The number of aliphatic hydroxyl groups is 1. The Labute approximate surface area is 103 Å². The first kappa shape index (κ1) is 14.9. The van der Waals surface area contributed by atoms with Crippen molar-refractivity contribution in [3.8, 4) is 0 Å². The normalized spacial score (nSPS) is 13.0. The van der Waals surface area contributed by atoms with E-state index < -0.39 is 22.7 Å². The molecule has 0 heterocycles. The average molecular weight is 283 g/mol. The predicted octanol–water partition coefficient (Wildman–Crippen LogP) is 1.36. The van der Waals surface area contributed by atoms with Crippen LogP contribution in [0.15, 0.2) is 29.2 Å². The summed E-state index contributed by atoms with van der Waals surface area (Å²) in [6, 6.07) is 5.16. The summed E-state index contributed by atoms with van der Waals surface area (Å²) in [5.74, 6) is 0. The number of halogens is 3. The van der Waals surface area contributed by atoms with E-state index in [1.54, 1.807) is 0 Å². The molecule has 102 valence electrons. The molecule has 0 atom stereocenters. The molecular formula is C10H12F3NO3S. The van der Waals surface area contributed by atoms with E-state index in [1.165, 1.54) is 18.2 Å². The third kappa shape index (κ3) is 3.69. The molecular weight excluding hydrogens is 271 g/mol. The number of sulfonamides is 1. The Balaban J connectivity index is 3.05. The second-order valence-electron chi connectivity index (χ2n) is 3.68. The molecule has 0 saturated carbocycles. The highest BCUT2D eigenvalue weighted by molar-refractivity contribution is 7.89. The smallest absolute Gasteiger partial charge is 0.392 e. The minimum atomic E-state index is -4.60. The lowest BCUT2D eigenvalue weighted by Crippen LogP contribution is -2.35. The van der Waals surface area contributed by atoms with E-state index in [9.17, 15) is 21.6 Å². The highest BCUT2D eigenvalue weighted by Crippen LogP contribution is 2.21. The molecule has 0 bridgehead atoms. The number of aliphatic hydroxyl groups excluding tert-OH is 1. The van der Waals surface area contributed by atoms with Crippen LogP contribution < -0.4 is 0 Å². The lowest BCUT2D eigenvalue weighted by atomic mass is 10.2. The van der Waals surface area contributed by atoms with Crippen molar-refractivity contribution in [2.24, 2.45) is 0 Å². The number of hydrogen-bond donors (Lipinski definition) is 1. The van der Waals surface area contributed by atoms with E-state index in [2.05, 4.69) is 0 Å². The van der Waals surface area contributed by atoms with Gasteiger partial charge in [-0.15, -0.1) is 0 Å². The third-order valence-corrected chi connectivity index (χ3v) is 3.99. The van der Waals surface area contributed by atoms with Crippen molar-refractivity contribution in [2.45, 2.75) is 17.7 Å². The van der Waals surface area contributed by atoms with Crippen LogP contribution in [0.25, 0.3) is 0 Å². The Morgan fingerprint density at radius 3 is 2.44 bits per heavy atom. The Kier molecular flexibility index (Phi) is 4.36. The van der Waals surface area contributed by atoms with Gasteiger partial charge in [-0.2, -0.15) is 17.5 Å². The molecule has 1 N–H and O–H groups in total. The topological polar surface area (TPSA) is 57.6 Å². The van der Waals surface area contributed by atoms with Crippen molar-refractivity contribution in [3.05, 3.63) is 29.8 Å². The number of nitrogens with zero attached hydrogens (tertiary/aromatic N) is 1. The monoisotopic (exact) mass is 283 g/mol. The molecule has 0 aliphatic rings. The summed E-state index contributed by atoms with van der Waals surface area (Å²) in [7, 11) is -3.35. The predicted molar refractivity (Wildman–Crippen MR) is 58.2 cm³/mol. The van der Waals surface area contributed by atoms with Crippen LogP contribution >= 0.6 is 0 Å². The molecule has 0 aromatic heterocycles. The van der Waals surface area contributed by atoms with Crippen LogP contribution in [-0.2, 0) is 16.6 Å². The van der Waals surface area contributed by atoms with E-state index in [1.807, 2.05) is 0 Å². The Morgan fingerprint density at radius 1 is 1.33 bits per heavy atom. The number of rotatable bonds is 4. The Morgan fingerprint density at radius 2 is 1.94 bits per heavy atom. The van der Waals surface area contributed by atoms with E-state index in [0.29, 0.717) is 5.56 Å². The highest BCUT2D eigenvalue weighted by atomic mass is 32.2. The van der Waals surface area contributed by atoms with E-state index in [0.717, 1.165) is 13.1 Å². The molecule has 0 amide bonds. The summed E-state index contributed by atoms with van der Waals surface area (Å²) in [4.78, 5) is -0.277. The molecule has 0 spiro atoms. The minimum Gasteiger partial charge on any atom is -0.392 e. The van der Waals surface area contributed by atoms with Crippen LogP contribution in [-0.4, -0.2) is 37.6 Å². The molecule has 1 rings (SSSR count). The van der Waals surface area contributed by atoms with Gasteiger partial charge in [0.25, 0.3) is 0 Å². The van der Waals surface area contributed by atoms with Crippen LogP contribution in [0, 0.1) is 0 Å². The fourth-order valence-corrected chi connectivity index (χ4v) is 2.55. The molecule has 0 aliphatic heterocycles. The molecule has 0 aliphatic carbocycles. The van der Waals surface area contributed by atoms with Crippen LogP contribution in [0.2, 0.25) is 0 Å². The van der Waals surface area contributed by atoms with Gasteiger partial charge < -0.3 is 5.11 Å². The van der Waals surface area contributed by atoms with Crippen LogP contribution in [0.1, 0.15) is 5.56 Å². The van der Waals surface area contributed by atoms with Crippen LogP contribution in [0.4, 0.5) is 13.2 Å². The second-order valence-corrected chi connectivity index (χ2v) is 5.73. The van der Waals surface area contributed by atoms with Gasteiger partial charge >= 0.3 is 6.18 Å². The van der Waals surface area contributed by atoms with Gasteiger partial charge in [0, 0.05) is 7.05 Å². The first-order valence-corrected chi connectivity index (χ1v) is 6.34. The largest absolute Gasteiger partial charge is 0.402 e. The van der Waals surface area contributed by atoms with Gasteiger partial charge in [0.15, 0.2) is 0 Å². The van der Waals surface area contributed by atoms with Gasteiger partial charge in [-0.25, -0.2) is 8.42 Å². The zero-order valence-corrected chi connectivity index (χ0v) is 10.3. The highest BCUT2D eigenvalue weighted by Gasteiger charge is 2.34. The third-order valence-electron chi connectivity index (χ3n) is 2.19. The maximum Gasteiger partial charge on any atom is 0.402 e. The van der Waals surface area contributed by atoms with Gasteiger partial charge in [0.1, 0.15) is 6.54 Å². The van der Waals surface area contributed by atoms with E-state index in [-0.39, 0.29) is 15.8 Å². The van der Waals surface area contributed by atoms with Crippen molar-refractivity contribution in [1.29, 1.82) is 0 Å². The van der Waals surface area contributed by atoms with Crippen molar-refractivity contribution < 1.29 is 26.7 Å². The number of alkyl halides is 3. The average Bonchev–Trinajstić information content (AvgIpc) is 2.27. The van der Waals surface area contributed by atoms with Gasteiger partial charge in [-0.3, -0.25) is 0 Å².